The molecular formula is C47H59N7O6. The van der Waals surface area contributed by atoms with Gasteiger partial charge in [0.2, 0.25) is 11.8 Å². The Labute approximate surface area is 352 Å². The molecule has 0 aliphatic carbocycles. The number of nitrogens with two attached hydrogens (primary N) is 1. The maximum atomic E-state index is 14.1. The molecule has 4 atom stereocenters. The number of fused-ring (bicyclic) bond motifs is 6. The number of nitrogens with one attached hydrogen (secondary N) is 4. The quantitative estimate of drug-likeness (QED) is 0.0624. The monoisotopic (exact) mass is 817 g/mol. The number of anilines is 2. The highest BCUT2D eigenvalue weighted by atomic mass is 16.5. The van der Waals surface area contributed by atoms with Crippen molar-refractivity contribution in [1.82, 2.24) is 15.3 Å². The van der Waals surface area contributed by atoms with Crippen LogP contribution >= 0.6 is 0 Å². The number of methoxy groups -OCH3 is 2. The molecule has 5 heterocycles. The Kier molecular flexibility index (Phi) is 13.8. The minimum absolute atomic E-state index is 0.0741. The van der Waals surface area contributed by atoms with E-state index < -0.39 is 17.9 Å². The first-order chi connectivity index (χ1) is 28.8. The molecule has 6 N–H and O–H groups in total. The molecule has 1 aromatic carbocycles. The molecule has 0 fully saturated rings. The number of hydrogen-bond acceptors (Lipinski definition) is 9. The number of allylic oxidation sites excluding steroid dienone is 2. The van der Waals surface area contributed by atoms with Crippen molar-refractivity contribution in [3.63, 3.8) is 0 Å². The van der Waals surface area contributed by atoms with Crippen LogP contribution < -0.4 is 16.4 Å². The van der Waals surface area contributed by atoms with Crippen LogP contribution in [0.25, 0.3) is 12.2 Å². The fourth-order valence-electron chi connectivity index (χ4n) is 9.00. The largest absolute Gasteiger partial charge is 0.468 e. The minimum atomic E-state index is -1.08. The van der Waals surface area contributed by atoms with Crippen molar-refractivity contribution in [2.24, 2.45) is 21.8 Å². The van der Waals surface area contributed by atoms with Gasteiger partial charge < -0.3 is 35.8 Å². The van der Waals surface area contributed by atoms with Crippen LogP contribution in [0, 0.1) is 25.7 Å². The topological polar surface area (TPSA) is 193 Å². The van der Waals surface area contributed by atoms with Crippen molar-refractivity contribution in [3.05, 3.63) is 92.7 Å². The zero-order valence-electron chi connectivity index (χ0n) is 36.0. The Morgan fingerprint density at radius 2 is 1.75 bits per heavy atom. The standard InChI is InChI=1S/C47H59N7O6/c1-9-29-25(3)34-22-36-27(5)31(19-20-40(55)49-21-15-11-12-18-41(56)52-33-17-14-13-16-32(33)48)44(53-36)43(47(58)60-8)45-42(46(57)59-7)28(6)37(54-45)24-39-30(10-2)26(4)35(51-39)23-38(29)50-34/h9,13-14,16-17,22,27,31,35,43,50,54H,1,10-12,15,18-21,23-24,48H2,2-8H3,(H,49,55)(H,52,56)/t27-,31-,35?,43?/m0/s1. The van der Waals surface area contributed by atoms with Crippen molar-refractivity contribution in [2.45, 2.75) is 104 Å². The van der Waals surface area contributed by atoms with Gasteiger partial charge in [0.15, 0.2) is 0 Å². The van der Waals surface area contributed by atoms with E-state index in [-0.39, 0.29) is 41.7 Å². The van der Waals surface area contributed by atoms with Gasteiger partial charge in [-0.3, -0.25) is 24.4 Å². The molecular weight excluding hydrogens is 759 g/mol. The average Bonchev–Trinajstić information content (AvgIpc) is 3.91. The maximum absolute atomic E-state index is 14.1. The summed E-state index contributed by atoms with van der Waals surface area (Å²) in [4.78, 5) is 71.1. The Bertz CT molecular complexity index is 2310. The number of aliphatic imine (C=N–C) groups is 2. The third-order valence-corrected chi connectivity index (χ3v) is 12.5. The summed E-state index contributed by atoms with van der Waals surface area (Å²) in [5, 5.41) is 5.88. The SMILES string of the molecule is C=Cc1c2[nH]c(c1C)C=C1N=C(C(C(=O)OC)c3[nH]c(c(C)c3C(=O)OC)CC3=NC(C2)C(C)=C3CC)[C@@H](CCC(=O)NCCCCCC(=O)Nc2ccccc2N)[C@@H]1C. The van der Waals surface area contributed by atoms with Crippen molar-refractivity contribution in [2.75, 3.05) is 31.8 Å². The number of carbonyl (C=O) groups excluding carboxylic acids is 4. The Balaban J connectivity index is 1.27. The first-order valence-electron chi connectivity index (χ1n) is 21.0. The van der Waals surface area contributed by atoms with Gasteiger partial charge in [0.05, 0.1) is 42.9 Å². The number of carbonyl (C=O) groups is 4. The molecule has 318 valence electrons. The Hall–Kier alpha value is -5.98. The average molecular weight is 818 g/mol. The molecule has 60 heavy (non-hydrogen) atoms. The number of hydrogen-bond donors (Lipinski definition) is 5. The summed E-state index contributed by atoms with van der Waals surface area (Å²) in [7, 11) is 2.66. The number of nitrogens with zero attached hydrogens (tertiary/aromatic N) is 2. The summed E-state index contributed by atoms with van der Waals surface area (Å²) in [6.45, 7) is 14.9. The number of amides is 2. The molecule has 0 saturated carbocycles. The lowest BCUT2D eigenvalue weighted by Crippen LogP contribution is -2.32. The van der Waals surface area contributed by atoms with Gasteiger partial charge in [0.1, 0.15) is 5.92 Å². The molecule has 0 radical (unpaired) electrons. The van der Waals surface area contributed by atoms with Crippen LogP contribution in [0.15, 0.2) is 57.7 Å². The van der Waals surface area contributed by atoms with E-state index in [4.69, 9.17) is 25.2 Å². The zero-order valence-corrected chi connectivity index (χ0v) is 36.0. The summed E-state index contributed by atoms with van der Waals surface area (Å²) in [5.41, 5.74) is 17.7. The fraction of sp³-hybridized carbons (Fsp3) is 0.447. The van der Waals surface area contributed by atoms with Crippen LogP contribution in [-0.2, 0) is 36.7 Å². The van der Waals surface area contributed by atoms with Gasteiger partial charge in [0, 0.05) is 78.3 Å². The number of unbranched alkanes of at least 4 members (excludes halogenated alkanes) is 2. The smallest absolute Gasteiger partial charge is 0.340 e. The number of esters is 2. The van der Waals surface area contributed by atoms with Gasteiger partial charge in [0.25, 0.3) is 0 Å². The van der Waals surface area contributed by atoms with Gasteiger partial charge in [-0.05, 0) is 92.5 Å². The van der Waals surface area contributed by atoms with Crippen LogP contribution in [0.5, 0.6) is 0 Å². The molecule has 13 heteroatoms. The molecule has 6 rings (SSSR count). The predicted molar refractivity (Wildman–Crippen MR) is 237 cm³/mol. The third kappa shape index (κ3) is 8.95. The highest BCUT2D eigenvalue weighted by Crippen LogP contribution is 2.43. The van der Waals surface area contributed by atoms with Crippen molar-refractivity contribution in [3.8, 4) is 0 Å². The first-order valence-corrected chi connectivity index (χ1v) is 21.0. The van der Waals surface area contributed by atoms with Crippen LogP contribution in [0.1, 0.15) is 121 Å². The second-order valence-electron chi connectivity index (χ2n) is 16.0. The van der Waals surface area contributed by atoms with Crippen LogP contribution in [0.3, 0.4) is 0 Å². The number of nitrogen functional groups attached to an aromatic ring is 1. The molecule has 3 aliphatic rings. The number of aromatic nitrogens is 2. The van der Waals surface area contributed by atoms with E-state index in [1.165, 1.54) is 25.4 Å². The van der Waals surface area contributed by atoms with E-state index in [0.717, 1.165) is 52.5 Å². The molecule has 0 saturated heterocycles. The van der Waals surface area contributed by atoms with Gasteiger partial charge in [-0.1, -0.05) is 45.1 Å². The van der Waals surface area contributed by atoms with Gasteiger partial charge in [-0.2, -0.15) is 0 Å². The number of para-hydroxylation sites is 2. The third-order valence-electron chi connectivity index (χ3n) is 12.5. The second-order valence-corrected chi connectivity index (χ2v) is 16.0. The van der Waals surface area contributed by atoms with Crippen LogP contribution in [0.2, 0.25) is 0 Å². The lowest BCUT2D eigenvalue weighted by molar-refractivity contribution is -0.140. The summed E-state index contributed by atoms with van der Waals surface area (Å²) < 4.78 is 10.8. The molecule has 2 amide bonds. The molecule has 0 spiro atoms. The number of benzene rings is 1. The Morgan fingerprint density at radius 3 is 2.45 bits per heavy atom. The van der Waals surface area contributed by atoms with E-state index in [2.05, 4.69) is 54.9 Å². The maximum Gasteiger partial charge on any atom is 0.340 e. The normalized spacial score (nSPS) is 19.6. The zero-order chi connectivity index (χ0) is 43.2. The Morgan fingerprint density at radius 1 is 0.983 bits per heavy atom. The molecule has 3 aliphatic heterocycles. The minimum Gasteiger partial charge on any atom is -0.468 e. The summed E-state index contributed by atoms with van der Waals surface area (Å²) >= 11 is 0. The highest BCUT2D eigenvalue weighted by Gasteiger charge is 2.44. The summed E-state index contributed by atoms with van der Waals surface area (Å²) in [5.74, 6) is -2.99. The highest BCUT2D eigenvalue weighted by molar-refractivity contribution is 6.12. The van der Waals surface area contributed by atoms with Crippen molar-refractivity contribution < 1.29 is 28.7 Å². The fourth-order valence-corrected chi connectivity index (χ4v) is 9.00. The van der Waals surface area contributed by atoms with E-state index in [1.54, 1.807) is 12.1 Å². The van der Waals surface area contributed by atoms with E-state index >= 15 is 0 Å². The number of rotatable bonds is 14. The predicted octanol–water partition coefficient (Wildman–Crippen LogP) is 7.72. The first kappa shape index (κ1) is 43.6. The van der Waals surface area contributed by atoms with E-state index in [1.807, 2.05) is 31.2 Å². The van der Waals surface area contributed by atoms with Gasteiger partial charge in [-0.25, -0.2) is 4.79 Å². The second kappa shape index (κ2) is 18.9. The molecule has 8 bridgehead atoms. The van der Waals surface area contributed by atoms with E-state index in [9.17, 15) is 19.2 Å². The molecule has 13 nitrogen and oxygen atoms in total. The van der Waals surface area contributed by atoms with E-state index in [0.29, 0.717) is 73.4 Å². The molecule has 2 aromatic heterocycles. The summed E-state index contributed by atoms with van der Waals surface area (Å²) in [6.07, 6.45) is 8.90. The lowest BCUT2D eigenvalue weighted by atomic mass is 9.80. The number of aromatic amines is 2. The van der Waals surface area contributed by atoms with Gasteiger partial charge in [-0.15, -0.1) is 0 Å². The molecule has 3 aromatic rings. The van der Waals surface area contributed by atoms with Crippen LogP contribution in [-0.4, -0.2) is 72.0 Å². The lowest BCUT2D eigenvalue weighted by Gasteiger charge is -2.23. The van der Waals surface area contributed by atoms with Crippen LogP contribution in [0.4, 0.5) is 11.4 Å². The number of ether oxygens (including phenoxy) is 2. The van der Waals surface area contributed by atoms with Crippen molar-refractivity contribution >= 4 is 58.7 Å². The molecule has 2 unspecified atom stereocenters. The summed E-state index contributed by atoms with van der Waals surface area (Å²) in [6, 6.07) is 7.07. The number of H-pyrrole nitrogens is 2. The van der Waals surface area contributed by atoms with Crippen molar-refractivity contribution in [1.29, 1.82) is 0 Å². The van der Waals surface area contributed by atoms with Gasteiger partial charge >= 0.3 is 11.9 Å².